The molecule has 21 heavy (non-hydrogen) atoms. The topological polar surface area (TPSA) is 26.0 Å². The highest BCUT2D eigenvalue weighted by Gasteiger charge is 2.33. The molecule has 1 fully saturated rings. The molecule has 1 aromatic carbocycles. The highest BCUT2D eigenvalue weighted by atomic mass is 14.7. The number of benzene rings is 1. The van der Waals surface area contributed by atoms with Gasteiger partial charge in [0, 0.05) is 5.54 Å². The quantitative estimate of drug-likeness (QED) is 0.820. The fourth-order valence-electron chi connectivity index (χ4n) is 4.39. The maximum Gasteiger partial charge on any atom is 0.0197 e. The second-order valence-corrected chi connectivity index (χ2v) is 8.01. The molecule has 0 aromatic heterocycles. The van der Waals surface area contributed by atoms with Gasteiger partial charge in [-0.05, 0) is 75.0 Å². The molecule has 0 saturated heterocycles. The van der Waals surface area contributed by atoms with Gasteiger partial charge in [0.05, 0.1) is 0 Å². The van der Waals surface area contributed by atoms with Crippen molar-refractivity contribution in [3.8, 4) is 0 Å². The number of rotatable bonds is 4. The Morgan fingerprint density at radius 1 is 1.19 bits per heavy atom. The van der Waals surface area contributed by atoms with E-state index in [4.69, 9.17) is 5.73 Å². The maximum atomic E-state index is 6.83. The standard InChI is InChI=1S/C20H33N/c1-14(2)9-18-7-6-8-20(21,12-18)13-19-16(4)10-15(3)11-17(19)5/h10-11,14,18H,6-9,12-13,21H2,1-5H3. The molecule has 1 aliphatic carbocycles. The summed E-state index contributed by atoms with van der Waals surface area (Å²) < 4.78 is 0. The zero-order valence-electron chi connectivity index (χ0n) is 14.6. The van der Waals surface area contributed by atoms with Crippen molar-refractivity contribution >= 4 is 0 Å². The van der Waals surface area contributed by atoms with Gasteiger partial charge in [-0.2, -0.15) is 0 Å². The highest BCUT2D eigenvalue weighted by Crippen LogP contribution is 2.37. The second-order valence-electron chi connectivity index (χ2n) is 8.01. The van der Waals surface area contributed by atoms with Crippen molar-refractivity contribution in [2.24, 2.45) is 17.6 Å². The fourth-order valence-corrected chi connectivity index (χ4v) is 4.39. The molecule has 2 unspecified atom stereocenters. The van der Waals surface area contributed by atoms with Crippen LogP contribution in [0.5, 0.6) is 0 Å². The Labute approximate surface area is 131 Å². The first-order chi connectivity index (χ1) is 9.79. The average molecular weight is 287 g/mol. The van der Waals surface area contributed by atoms with Crippen LogP contribution >= 0.6 is 0 Å². The summed E-state index contributed by atoms with van der Waals surface area (Å²) in [5.74, 6) is 1.62. The van der Waals surface area contributed by atoms with Crippen molar-refractivity contribution < 1.29 is 0 Å². The lowest BCUT2D eigenvalue weighted by atomic mass is 9.70. The van der Waals surface area contributed by atoms with Crippen LogP contribution in [0.2, 0.25) is 0 Å². The zero-order chi connectivity index (χ0) is 15.6. The van der Waals surface area contributed by atoms with E-state index < -0.39 is 0 Å². The van der Waals surface area contributed by atoms with E-state index in [0.717, 1.165) is 18.3 Å². The van der Waals surface area contributed by atoms with Crippen molar-refractivity contribution in [1.29, 1.82) is 0 Å². The van der Waals surface area contributed by atoms with Gasteiger partial charge in [0.15, 0.2) is 0 Å². The summed E-state index contributed by atoms with van der Waals surface area (Å²) >= 11 is 0. The largest absolute Gasteiger partial charge is 0.325 e. The molecule has 1 heteroatoms. The molecule has 0 heterocycles. The van der Waals surface area contributed by atoms with Crippen molar-refractivity contribution in [3.63, 3.8) is 0 Å². The zero-order valence-corrected chi connectivity index (χ0v) is 14.6. The van der Waals surface area contributed by atoms with E-state index in [0.29, 0.717) is 0 Å². The van der Waals surface area contributed by atoms with Gasteiger partial charge < -0.3 is 5.73 Å². The summed E-state index contributed by atoms with van der Waals surface area (Å²) in [6.07, 6.45) is 7.47. The van der Waals surface area contributed by atoms with Crippen LogP contribution in [0.3, 0.4) is 0 Å². The van der Waals surface area contributed by atoms with Gasteiger partial charge >= 0.3 is 0 Å². The number of aryl methyl sites for hydroxylation is 3. The molecule has 2 atom stereocenters. The lowest BCUT2D eigenvalue weighted by Crippen LogP contribution is -2.46. The summed E-state index contributed by atoms with van der Waals surface area (Å²) in [5.41, 5.74) is 12.5. The van der Waals surface area contributed by atoms with Crippen molar-refractivity contribution in [1.82, 2.24) is 0 Å². The van der Waals surface area contributed by atoms with Crippen molar-refractivity contribution in [2.45, 2.75) is 78.7 Å². The molecule has 1 aromatic rings. The van der Waals surface area contributed by atoms with Crippen LogP contribution in [0.1, 0.15) is 68.2 Å². The fraction of sp³-hybridized carbons (Fsp3) is 0.700. The molecule has 1 nitrogen and oxygen atoms in total. The summed E-state index contributed by atoms with van der Waals surface area (Å²) in [6, 6.07) is 4.61. The molecule has 0 amide bonds. The highest BCUT2D eigenvalue weighted by molar-refractivity contribution is 5.38. The Kier molecular flexibility index (Phi) is 5.14. The van der Waals surface area contributed by atoms with Crippen molar-refractivity contribution in [3.05, 3.63) is 34.4 Å². The van der Waals surface area contributed by atoms with Gasteiger partial charge in [-0.3, -0.25) is 0 Å². The van der Waals surface area contributed by atoms with Gasteiger partial charge in [-0.15, -0.1) is 0 Å². The SMILES string of the molecule is Cc1cc(C)c(CC2(N)CCCC(CC(C)C)C2)c(C)c1. The minimum Gasteiger partial charge on any atom is -0.325 e. The third kappa shape index (κ3) is 4.32. The van der Waals surface area contributed by atoms with E-state index in [1.807, 2.05) is 0 Å². The second kappa shape index (κ2) is 6.52. The lowest BCUT2D eigenvalue weighted by molar-refractivity contribution is 0.200. The first kappa shape index (κ1) is 16.5. The van der Waals surface area contributed by atoms with E-state index >= 15 is 0 Å². The Morgan fingerprint density at radius 3 is 2.38 bits per heavy atom. The molecule has 118 valence electrons. The van der Waals surface area contributed by atoms with E-state index in [2.05, 4.69) is 46.8 Å². The molecule has 2 rings (SSSR count). The maximum absolute atomic E-state index is 6.83. The van der Waals surface area contributed by atoms with Crippen molar-refractivity contribution in [2.75, 3.05) is 0 Å². The normalized spacial score (nSPS) is 26.3. The smallest absolute Gasteiger partial charge is 0.0197 e. The first-order valence-electron chi connectivity index (χ1n) is 8.65. The van der Waals surface area contributed by atoms with Gasteiger partial charge in [0.1, 0.15) is 0 Å². The van der Waals surface area contributed by atoms with Crippen LogP contribution in [-0.4, -0.2) is 5.54 Å². The van der Waals surface area contributed by atoms with Crippen LogP contribution < -0.4 is 5.73 Å². The Morgan fingerprint density at radius 2 is 1.81 bits per heavy atom. The molecule has 1 aliphatic rings. The molecular formula is C20H33N. The number of nitrogens with two attached hydrogens (primary N) is 1. The van der Waals surface area contributed by atoms with E-state index in [9.17, 15) is 0 Å². The Bertz CT molecular complexity index is 466. The predicted molar refractivity (Wildman–Crippen MR) is 92.7 cm³/mol. The summed E-state index contributed by atoms with van der Waals surface area (Å²) in [5, 5.41) is 0. The molecule has 0 spiro atoms. The van der Waals surface area contributed by atoms with E-state index in [1.165, 1.54) is 54.4 Å². The Balaban J connectivity index is 2.14. The van der Waals surface area contributed by atoms with Crippen LogP contribution in [0.4, 0.5) is 0 Å². The average Bonchev–Trinajstić information content (AvgIpc) is 2.33. The summed E-state index contributed by atoms with van der Waals surface area (Å²) in [7, 11) is 0. The number of hydrogen-bond acceptors (Lipinski definition) is 1. The monoisotopic (exact) mass is 287 g/mol. The van der Waals surface area contributed by atoms with Gasteiger partial charge in [0.2, 0.25) is 0 Å². The van der Waals surface area contributed by atoms with E-state index in [-0.39, 0.29) is 5.54 Å². The van der Waals surface area contributed by atoms with Crippen LogP contribution in [-0.2, 0) is 6.42 Å². The molecule has 0 bridgehead atoms. The lowest BCUT2D eigenvalue weighted by Gasteiger charge is -2.39. The summed E-state index contributed by atoms with van der Waals surface area (Å²) in [6.45, 7) is 11.3. The third-order valence-corrected chi connectivity index (χ3v) is 5.16. The van der Waals surface area contributed by atoms with E-state index in [1.54, 1.807) is 0 Å². The van der Waals surface area contributed by atoms with Gasteiger partial charge in [-0.25, -0.2) is 0 Å². The Hall–Kier alpha value is -0.820. The molecular weight excluding hydrogens is 254 g/mol. The van der Waals surface area contributed by atoms with Crippen LogP contribution in [0.25, 0.3) is 0 Å². The third-order valence-electron chi connectivity index (χ3n) is 5.16. The first-order valence-corrected chi connectivity index (χ1v) is 8.65. The minimum atomic E-state index is 0.0165. The van der Waals surface area contributed by atoms with Gasteiger partial charge in [0.25, 0.3) is 0 Å². The molecule has 0 aliphatic heterocycles. The molecule has 1 saturated carbocycles. The molecule has 2 N–H and O–H groups in total. The summed E-state index contributed by atoms with van der Waals surface area (Å²) in [4.78, 5) is 0. The number of hydrogen-bond donors (Lipinski definition) is 1. The minimum absolute atomic E-state index is 0.0165. The van der Waals surface area contributed by atoms with Crippen LogP contribution in [0, 0.1) is 32.6 Å². The predicted octanol–water partition coefficient (Wildman–Crippen LogP) is 5.09. The molecule has 0 radical (unpaired) electrons. The van der Waals surface area contributed by atoms with Crippen LogP contribution in [0.15, 0.2) is 12.1 Å². The van der Waals surface area contributed by atoms with Gasteiger partial charge in [-0.1, -0.05) is 44.4 Å².